The number of carbonyl (C=O) groups is 2. The zero-order valence-corrected chi connectivity index (χ0v) is 33.2. The minimum absolute atomic E-state index is 0.00646. The maximum Gasteiger partial charge on any atom is 0.335 e. The van der Waals surface area contributed by atoms with Crippen LogP contribution in [-0.2, 0) is 10.8 Å². The van der Waals surface area contributed by atoms with Gasteiger partial charge in [0, 0.05) is 17.1 Å². The fourth-order valence-corrected chi connectivity index (χ4v) is 12.6. The molecule has 0 bridgehead atoms. The lowest BCUT2D eigenvalue weighted by atomic mass is 10.0. The molecule has 0 saturated heterocycles. The van der Waals surface area contributed by atoms with Crippen LogP contribution in [0.2, 0.25) is 0 Å². The van der Waals surface area contributed by atoms with Crippen molar-refractivity contribution in [2.45, 2.75) is 166 Å². The number of hydrogen-bond donors (Lipinski definition) is 1. The van der Waals surface area contributed by atoms with E-state index >= 15 is 0 Å². The van der Waals surface area contributed by atoms with Gasteiger partial charge in [-0.3, -0.25) is 0 Å². The highest BCUT2D eigenvalue weighted by Crippen LogP contribution is 2.61. The number of carbonyl (C=O) groups excluding carboxylic acids is 1. The first kappa shape index (κ1) is 45.0. The summed E-state index contributed by atoms with van der Waals surface area (Å²) in [6.07, 6.45) is 36.0. The maximum atomic E-state index is 12.2. The second kappa shape index (κ2) is 28.6. The fraction of sp³-hybridized carbons (Fsp3) is 0.667. The van der Waals surface area contributed by atoms with Gasteiger partial charge in [-0.05, 0) is 74.1 Å². The summed E-state index contributed by atoms with van der Waals surface area (Å²) < 4.78 is 12.2. The summed E-state index contributed by atoms with van der Waals surface area (Å²) in [5.41, 5.74) is 0.116. The first-order valence-electron chi connectivity index (χ1n) is 19.6. The molecule has 1 unspecified atom stereocenters. The smallest absolute Gasteiger partial charge is 0.335 e. The van der Waals surface area contributed by atoms with Crippen molar-refractivity contribution >= 4 is 30.0 Å². The number of benzene rings is 2. The van der Waals surface area contributed by atoms with Crippen molar-refractivity contribution in [3.05, 3.63) is 59.7 Å². The third-order valence-electron chi connectivity index (χ3n) is 9.56. The Morgan fingerprint density at radius 1 is 0.510 bits per heavy atom. The molecule has 2 aromatic rings. The van der Waals surface area contributed by atoms with Crippen LogP contribution >= 0.6 is 7.26 Å². The van der Waals surface area contributed by atoms with Gasteiger partial charge in [-0.15, -0.1) is 0 Å². The van der Waals surface area contributed by atoms with E-state index in [0.717, 1.165) is 0 Å². The number of unbranched alkanes of at least 4 members (excludes halogenated alkanes) is 16. The Morgan fingerprint density at radius 2 is 0.816 bits per heavy atom. The average Bonchev–Trinajstić information content (AvgIpc) is 3.12. The summed E-state index contributed by atoms with van der Waals surface area (Å²) in [5.74, 6) is -2.35. The molecule has 0 radical (unpaired) electrons. The Bertz CT molecular complexity index is 1070. The molecule has 2 rings (SSSR count). The number of carboxylic acids is 2. The minimum atomic E-state index is -1.50. The van der Waals surface area contributed by atoms with Crippen LogP contribution in [0, 0.1) is 0 Å². The molecule has 1 atom stereocenters. The molecule has 49 heavy (non-hydrogen) atoms. The highest BCUT2D eigenvalue weighted by atomic mass is 32.2. The summed E-state index contributed by atoms with van der Waals surface area (Å²) in [6.45, 7) is 9.48. The van der Waals surface area contributed by atoms with Crippen molar-refractivity contribution in [2.75, 3.05) is 24.6 Å². The zero-order valence-electron chi connectivity index (χ0n) is 31.5. The molecular weight excluding hydrogens is 647 g/mol. The first-order valence-corrected chi connectivity index (χ1v) is 23.3. The van der Waals surface area contributed by atoms with Crippen molar-refractivity contribution in [3.8, 4) is 0 Å². The SMILES string of the molecule is CCCCCCCCCCCCCCCC[P+](CCCC)(CCCC)CCCC.O=C([O-])c1ccc(S(=O)c2ccc(C(=O)O)cc2)cc1. The quantitative estimate of drug-likeness (QED) is 0.0699. The largest absolute Gasteiger partial charge is 0.545 e. The number of aromatic carboxylic acids is 2. The lowest BCUT2D eigenvalue weighted by Crippen LogP contribution is -2.22. The van der Waals surface area contributed by atoms with Crippen LogP contribution in [0.5, 0.6) is 0 Å². The molecule has 0 amide bonds. The molecule has 7 heteroatoms. The monoisotopic (exact) mass is 716 g/mol. The van der Waals surface area contributed by atoms with E-state index in [0.29, 0.717) is 9.79 Å². The molecule has 0 aromatic heterocycles. The van der Waals surface area contributed by atoms with Gasteiger partial charge >= 0.3 is 5.97 Å². The number of hydrogen-bond acceptors (Lipinski definition) is 4. The average molecular weight is 717 g/mol. The summed E-state index contributed by atoms with van der Waals surface area (Å²) in [6, 6.07) is 11.2. The second-order valence-corrected chi connectivity index (χ2v) is 19.8. The van der Waals surface area contributed by atoms with E-state index < -0.39 is 30.0 Å². The van der Waals surface area contributed by atoms with Crippen LogP contribution in [0.3, 0.4) is 0 Å². The second-order valence-electron chi connectivity index (χ2n) is 13.8. The van der Waals surface area contributed by atoms with Gasteiger partial charge in [0.25, 0.3) is 0 Å². The summed E-state index contributed by atoms with van der Waals surface area (Å²) in [4.78, 5) is 22.2. The Kier molecular flexibility index (Phi) is 26.3. The molecule has 0 aliphatic rings. The van der Waals surface area contributed by atoms with E-state index in [1.165, 1.54) is 171 Å². The van der Waals surface area contributed by atoms with E-state index in [9.17, 15) is 18.9 Å². The Balaban J connectivity index is 0.000000520. The van der Waals surface area contributed by atoms with Crippen LogP contribution in [0.1, 0.15) is 177 Å². The molecule has 1 N–H and O–H groups in total. The predicted octanol–water partition coefficient (Wildman–Crippen LogP) is 11.8. The molecule has 0 aliphatic heterocycles. The van der Waals surface area contributed by atoms with Gasteiger partial charge in [-0.1, -0.05) is 136 Å². The Labute approximate surface area is 303 Å². The van der Waals surface area contributed by atoms with Crippen molar-refractivity contribution in [3.63, 3.8) is 0 Å². The summed E-state index contributed by atoms with van der Waals surface area (Å²) in [7, 11) is -2.13. The van der Waals surface area contributed by atoms with E-state index in [2.05, 4.69) is 27.7 Å². The third-order valence-corrected chi connectivity index (χ3v) is 16.0. The van der Waals surface area contributed by atoms with E-state index in [1.54, 1.807) is 31.1 Å². The van der Waals surface area contributed by atoms with Crippen molar-refractivity contribution in [2.24, 2.45) is 0 Å². The fourth-order valence-electron chi connectivity index (χ4n) is 6.36. The molecule has 0 heterocycles. The van der Waals surface area contributed by atoms with Gasteiger partial charge in [-0.2, -0.15) is 0 Å². The van der Waals surface area contributed by atoms with Crippen LogP contribution in [0.4, 0.5) is 0 Å². The number of carboxylic acid groups (broad SMARTS) is 2. The van der Waals surface area contributed by atoms with Gasteiger partial charge < -0.3 is 15.0 Å². The molecule has 278 valence electrons. The summed E-state index contributed by atoms with van der Waals surface area (Å²) >= 11 is 0. The third kappa shape index (κ3) is 20.4. The lowest BCUT2D eigenvalue weighted by molar-refractivity contribution is -0.255. The van der Waals surface area contributed by atoms with Gasteiger partial charge in [0.1, 0.15) is 0 Å². The predicted molar refractivity (Wildman–Crippen MR) is 210 cm³/mol. The van der Waals surface area contributed by atoms with Gasteiger partial charge in [0.15, 0.2) is 0 Å². The molecule has 0 aliphatic carbocycles. The highest BCUT2D eigenvalue weighted by molar-refractivity contribution is 7.85. The van der Waals surface area contributed by atoms with Crippen LogP contribution < -0.4 is 5.11 Å². The van der Waals surface area contributed by atoms with Gasteiger partial charge in [0.2, 0.25) is 0 Å². The lowest BCUT2D eigenvalue weighted by Gasteiger charge is -2.28. The van der Waals surface area contributed by atoms with Gasteiger partial charge in [0.05, 0.1) is 47.0 Å². The minimum Gasteiger partial charge on any atom is -0.545 e. The molecular formula is C42H69O5PS. The molecule has 2 aromatic carbocycles. The molecule has 0 spiro atoms. The standard InChI is InChI=1S/C28H60P.C14H10O5S/c1-5-9-13-14-15-16-17-18-19-20-21-22-23-24-28-29(25-10-6-2,26-11-7-3)27-12-8-4;15-13(16)9-1-5-11(6-2-9)20(19)12-7-3-10(4-8-12)14(17)18/h5-28H2,1-4H3;1-8H,(H,15,16)(H,17,18)/q+1;/p-1. The van der Waals surface area contributed by atoms with Crippen LogP contribution in [0.25, 0.3) is 0 Å². The Morgan fingerprint density at radius 3 is 1.14 bits per heavy atom. The van der Waals surface area contributed by atoms with Crippen molar-refractivity contribution in [1.82, 2.24) is 0 Å². The van der Waals surface area contributed by atoms with Crippen LogP contribution in [0.15, 0.2) is 58.3 Å². The highest BCUT2D eigenvalue weighted by Gasteiger charge is 2.34. The van der Waals surface area contributed by atoms with E-state index in [4.69, 9.17) is 5.11 Å². The van der Waals surface area contributed by atoms with Gasteiger partial charge in [-0.25, -0.2) is 9.00 Å². The van der Waals surface area contributed by atoms with E-state index in [-0.39, 0.29) is 11.1 Å². The zero-order chi connectivity index (χ0) is 36.2. The molecule has 0 fully saturated rings. The number of rotatable bonds is 28. The maximum absolute atomic E-state index is 12.2. The van der Waals surface area contributed by atoms with Crippen LogP contribution in [-0.4, -0.2) is 45.9 Å². The van der Waals surface area contributed by atoms with Crippen molar-refractivity contribution in [1.29, 1.82) is 0 Å². The Hall–Kier alpha value is -2.04. The normalized spacial score (nSPS) is 11.9. The topological polar surface area (TPSA) is 94.5 Å². The summed E-state index contributed by atoms with van der Waals surface area (Å²) in [5, 5.41) is 19.4. The molecule has 0 saturated carbocycles. The molecule has 5 nitrogen and oxygen atoms in total. The van der Waals surface area contributed by atoms with Crippen molar-refractivity contribution < 1.29 is 24.0 Å². The van der Waals surface area contributed by atoms with E-state index in [1.807, 2.05) is 0 Å². The first-order chi connectivity index (χ1) is 23.7.